The maximum Gasteiger partial charge on any atom is 0.234 e. The van der Waals surface area contributed by atoms with Crippen molar-refractivity contribution in [3.05, 3.63) is 47.3 Å². The Kier molecular flexibility index (Phi) is 6.94. The van der Waals surface area contributed by atoms with Crippen molar-refractivity contribution in [2.24, 2.45) is 0 Å². The summed E-state index contributed by atoms with van der Waals surface area (Å²) in [5.41, 5.74) is 4.29. The Labute approximate surface area is 172 Å². The van der Waals surface area contributed by atoms with Gasteiger partial charge in [-0.05, 0) is 44.7 Å². The molecule has 150 valence electrons. The summed E-state index contributed by atoms with van der Waals surface area (Å²) in [4.78, 5) is 12.5. The fourth-order valence-corrected chi connectivity index (χ4v) is 4.81. The number of carbonyl (C=O) groups is 1. The van der Waals surface area contributed by atoms with Crippen LogP contribution >= 0.6 is 11.8 Å². The van der Waals surface area contributed by atoms with E-state index in [9.17, 15) is 4.79 Å². The summed E-state index contributed by atoms with van der Waals surface area (Å²) in [5.74, 6) is 1.81. The smallest absolute Gasteiger partial charge is 0.234 e. The van der Waals surface area contributed by atoms with Gasteiger partial charge in [0.1, 0.15) is 5.82 Å². The van der Waals surface area contributed by atoms with Gasteiger partial charge >= 0.3 is 0 Å². The van der Waals surface area contributed by atoms with Crippen molar-refractivity contribution in [2.45, 2.75) is 70.5 Å². The SMILES string of the molecule is C=CCn1c(SCC(=O)Nc2c(C)cc(C)cc2C)nnc1C1CCCCC1. The molecule has 0 aliphatic heterocycles. The molecule has 0 bridgehead atoms. The molecule has 2 aromatic rings. The van der Waals surface area contributed by atoms with Crippen LogP contribution in [0.25, 0.3) is 0 Å². The lowest BCUT2D eigenvalue weighted by Crippen LogP contribution is -2.17. The predicted molar refractivity (Wildman–Crippen MR) is 116 cm³/mol. The average molecular weight is 399 g/mol. The summed E-state index contributed by atoms with van der Waals surface area (Å²) in [5, 5.41) is 12.7. The minimum atomic E-state index is -0.0209. The largest absolute Gasteiger partial charge is 0.325 e. The highest BCUT2D eigenvalue weighted by Crippen LogP contribution is 2.33. The fraction of sp³-hybridized carbons (Fsp3) is 0.500. The first-order valence-corrected chi connectivity index (χ1v) is 11.0. The van der Waals surface area contributed by atoms with E-state index in [1.54, 1.807) is 0 Å². The molecule has 5 nitrogen and oxygen atoms in total. The Morgan fingerprint density at radius 1 is 1.21 bits per heavy atom. The molecule has 1 aliphatic rings. The molecule has 1 aliphatic carbocycles. The molecule has 1 N–H and O–H groups in total. The number of hydrogen-bond acceptors (Lipinski definition) is 4. The van der Waals surface area contributed by atoms with Crippen molar-refractivity contribution in [3.8, 4) is 0 Å². The van der Waals surface area contributed by atoms with Crippen LogP contribution in [0.15, 0.2) is 29.9 Å². The van der Waals surface area contributed by atoms with Gasteiger partial charge in [0.15, 0.2) is 5.16 Å². The van der Waals surface area contributed by atoms with Gasteiger partial charge in [-0.2, -0.15) is 0 Å². The normalized spacial score (nSPS) is 14.8. The maximum absolute atomic E-state index is 12.5. The molecule has 0 unspecified atom stereocenters. The van der Waals surface area contributed by atoms with Gasteiger partial charge < -0.3 is 9.88 Å². The van der Waals surface area contributed by atoms with Crippen LogP contribution in [0, 0.1) is 20.8 Å². The van der Waals surface area contributed by atoms with Crippen molar-refractivity contribution in [2.75, 3.05) is 11.1 Å². The third-order valence-corrected chi connectivity index (χ3v) is 6.27. The molecule has 6 heteroatoms. The van der Waals surface area contributed by atoms with Gasteiger partial charge in [-0.3, -0.25) is 4.79 Å². The Morgan fingerprint density at radius 2 is 1.89 bits per heavy atom. The average Bonchev–Trinajstić information content (AvgIpc) is 3.07. The summed E-state index contributed by atoms with van der Waals surface area (Å²) in [6.07, 6.45) is 8.04. The minimum Gasteiger partial charge on any atom is -0.325 e. The summed E-state index contributed by atoms with van der Waals surface area (Å²) >= 11 is 1.44. The Bertz CT molecular complexity index is 829. The number of nitrogens with one attached hydrogen (secondary N) is 1. The zero-order chi connectivity index (χ0) is 20.1. The first-order chi connectivity index (χ1) is 13.5. The fourth-order valence-electron chi connectivity index (χ4n) is 4.05. The summed E-state index contributed by atoms with van der Waals surface area (Å²) in [6.45, 7) is 10.7. The lowest BCUT2D eigenvalue weighted by Gasteiger charge is -2.21. The van der Waals surface area contributed by atoms with Crippen LogP contribution in [0.4, 0.5) is 5.69 Å². The first-order valence-electron chi connectivity index (χ1n) is 10.0. The number of nitrogens with zero attached hydrogens (tertiary/aromatic N) is 3. The van der Waals surface area contributed by atoms with Crippen LogP contribution in [0.5, 0.6) is 0 Å². The molecule has 0 spiro atoms. The molecule has 0 radical (unpaired) electrons. The number of aryl methyl sites for hydroxylation is 3. The van der Waals surface area contributed by atoms with Crippen molar-refractivity contribution in [1.29, 1.82) is 0 Å². The third-order valence-electron chi connectivity index (χ3n) is 5.30. The third kappa shape index (κ3) is 4.85. The second-order valence-electron chi connectivity index (χ2n) is 7.69. The van der Waals surface area contributed by atoms with E-state index in [1.807, 2.05) is 19.9 Å². The molecule has 0 saturated heterocycles. The van der Waals surface area contributed by atoms with Crippen molar-refractivity contribution < 1.29 is 4.79 Å². The molecule has 1 aromatic carbocycles. The van der Waals surface area contributed by atoms with Crippen LogP contribution in [0.2, 0.25) is 0 Å². The molecule has 1 saturated carbocycles. The van der Waals surface area contributed by atoms with Crippen LogP contribution < -0.4 is 5.32 Å². The number of rotatable bonds is 7. The molecule has 1 heterocycles. The van der Waals surface area contributed by atoms with Crippen LogP contribution in [0.1, 0.15) is 60.5 Å². The van der Waals surface area contributed by atoms with E-state index in [0.717, 1.165) is 27.8 Å². The molecule has 1 aromatic heterocycles. The summed E-state index contributed by atoms with van der Waals surface area (Å²) in [6, 6.07) is 4.18. The van der Waals surface area contributed by atoms with Gasteiger partial charge in [0.05, 0.1) is 5.75 Å². The highest BCUT2D eigenvalue weighted by molar-refractivity contribution is 7.99. The van der Waals surface area contributed by atoms with Crippen molar-refractivity contribution in [3.63, 3.8) is 0 Å². The zero-order valence-corrected chi connectivity index (χ0v) is 17.9. The van der Waals surface area contributed by atoms with E-state index in [0.29, 0.717) is 18.2 Å². The summed E-state index contributed by atoms with van der Waals surface area (Å²) in [7, 11) is 0. The van der Waals surface area contributed by atoms with Crippen molar-refractivity contribution in [1.82, 2.24) is 14.8 Å². The molecule has 0 atom stereocenters. The number of amides is 1. The lowest BCUT2D eigenvalue weighted by atomic mass is 9.89. The molecular formula is C22H30N4OS. The van der Waals surface area contributed by atoms with Crippen LogP contribution in [0.3, 0.4) is 0 Å². The quantitative estimate of drug-likeness (QED) is 0.516. The van der Waals surface area contributed by atoms with E-state index < -0.39 is 0 Å². The molecule has 3 rings (SSSR count). The molecular weight excluding hydrogens is 368 g/mol. The van der Waals surface area contributed by atoms with E-state index in [2.05, 4.69) is 45.7 Å². The number of aromatic nitrogens is 3. The molecule has 1 fully saturated rings. The zero-order valence-electron chi connectivity index (χ0n) is 17.1. The van der Waals surface area contributed by atoms with Gasteiger partial charge in [0.2, 0.25) is 5.91 Å². The standard InChI is InChI=1S/C22H30N4OS/c1-5-11-26-21(18-9-7-6-8-10-18)24-25-22(26)28-14-19(27)23-20-16(3)12-15(2)13-17(20)4/h5,12-13,18H,1,6-11,14H2,2-4H3,(H,23,27). The Balaban J connectivity index is 1.67. The van der Waals surface area contributed by atoms with E-state index >= 15 is 0 Å². The van der Waals surface area contributed by atoms with Gasteiger partial charge in [0.25, 0.3) is 0 Å². The Hall–Kier alpha value is -2.08. The minimum absolute atomic E-state index is 0.0209. The summed E-state index contributed by atoms with van der Waals surface area (Å²) < 4.78 is 2.13. The second kappa shape index (κ2) is 9.41. The van der Waals surface area contributed by atoms with E-state index in [1.165, 1.54) is 49.4 Å². The molecule has 28 heavy (non-hydrogen) atoms. The first kappa shape index (κ1) is 20.6. The van der Waals surface area contributed by atoms with Crippen LogP contribution in [-0.2, 0) is 11.3 Å². The highest BCUT2D eigenvalue weighted by Gasteiger charge is 2.23. The number of anilines is 1. The monoisotopic (exact) mass is 398 g/mol. The number of hydrogen-bond donors (Lipinski definition) is 1. The number of allylic oxidation sites excluding steroid dienone is 1. The maximum atomic E-state index is 12.5. The highest BCUT2D eigenvalue weighted by atomic mass is 32.2. The van der Waals surface area contributed by atoms with Gasteiger partial charge in [0, 0.05) is 18.2 Å². The van der Waals surface area contributed by atoms with E-state index in [-0.39, 0.29) is 5.91 Å². The second-order valence-corrected chi connectivity index (χ2v) is 8.63. The van der Waals surface area contributed by atoms with Gasteiger partial charge in [-0.15, -0.1) is 16.8 Å². The van der Waals surface area contributed by atoms with E-state index in [4.69, 9.17) is 0 Å². The Morgan fingerprint density at radius 3 is 2.54 bits per heavy atom. The number of benzene rings is 1. The van der Waals surface area contributed by atoms with Crippen LogP contribution in [-0.4, -0.2) is 26.4 Å². The lowest BCUT2D eigenvalue weighted by molar-refractivity contribution is -0.113. The molecule has 1 amide bonds. The van der Waals surface area contributed by atoms with Gasteiger partial charge in [-0.25, -0.2) is 0 Å². The number of thioether (sulfide) groups is 1. The topological polar surface area (TPSA) is 59.8 Å². The van der Waals surface area contributed by atoms with Crippen molar-refractivity contribution >= 4 is 23.4 Å². The predicted octanol–water partition coefficient (Wildman–Crippen LogP) is 5.17. The number of carbonyl (C=O) groups excluding carboxylic acids is 1. The van der Waals surface area contributed by atoms with Gasteiger partial charge in [-0.1, -0.05) is 54.8 Å².